The first-order valence-corrected chi connectivity index (χ1v) is 7.50. The highest BCUT2D eigenvalue weighted by Crippen LogP contribution is 2.41. The molecule has 0 radical (unpaired) electrons. The van der Waals surface area contributed by atoms with Crippen molar-refractivity contribution in [3.05, 3.63) is 23.2 Å². The van der Waals surface area contributed by atoms with Crippen molar-refractivity contribution in [2.75, 3.05) is 13.1 Å². The van der Waals surface area contributed by atoms with Gasteiger partial charge in [0.25, 0.3) is 0 Å². The van der Waals surface area contributed by atoms with Gasteiger partial charge in [0, 0.05) is 24.9 Å². The third-order valence-corrected chi connectivity index (χ3v) is 3.85. The Morgan fingerprint density at radius 3 is 2.95 bits per heavy atom. The summed E-state index contributed by atoms with van der Waals surface area (Å²) < 4.78 is 5.79. The molecule has 1 aromatic rings. The smallest absolute Gasteiger partial charge is 0.221 e. The van der Waals surface area contributed by atoms with Gasteiger partial charge in [-0.1, -0.05) is 20.8 Å². The predicted octanol–water partition coefficient (Wildman–Crippen LogP) is 2.72. The molecule has 0 fully saturated rings. The zero-order valence-electron chi connectivity index (χ0n) is 13.0. The molecule has 0 saturated carbocycles. The molecule has 2 N–H and O–H groups in total. The number of aryl methyl sites for hydroxylation is 1. The second-order valence-electron chi connectivity index (χ2n) is 6.50. The summed E-state index contributed by atoms with van der Waals surface area (Å²) >= 11 is 0. The zero-order chi connectivity index (χ0) is 14.8. The van der Waals surface area contributed by atoms with Crippen LogP contribution in [-0.2, 0) is 11.2 Å². The lowest BCUT2D eigenvalue weighted by Crippen LogP contribution is -2.37. The second kappa shape index (κ2) is 6.00. The standard InChI is InChI=1S/C16H26N2O2/c1-5-17-7-6-15(19)18-13-9-16(3,4)10-14-12(13)8-11(2)20-14/h8,13,17H,5-7,9-10H2,1-4H3,(H,18,19). The minimum atomic E-state index is 0.0836. The van der Waals surface area contributed by atoms with E-state index in [1.54, 1.807) is 0 Å². The number of furan rings is 1. The normalized spacial score (nSPS) is 20.5. The van der Waals surface area contributed by atoms with Gasteiger partial charge in [-0.05, 0) is 31.4 Å². The minimum Gasteiger partial charge on any atom is -0.466 e. The van der Waals surface area contributed by atoms with Crippen molar-refractivity contribution in [1.82, 2.24) is 10.6 Å². The summed E-state index contributed by atoms with van der Waals surface area (Å²) in [6.07, 6.45) is 2.43. The Hall–Kier alpha value is -1.29. The molecule has 1 amide bonds. The van der Waals surface area contributed by atoms with Gasteiger partial charge in [-0.3, -0.25) is 4.79 Å². The maximum atomic E-state index is 12.0. The molecule has 1 heterocycles. The minimum absolute atomic E-state index is 0.0836. The number of carbonyl (C=O) groups excluding carboxylic acids is 1. The highest BCUT2D eigenvalue weighted by molar-refractivity contribution is 5.76. The van der Waals surface area contributed by atoms with E-state index in [9.17, 15) is 4.79 Å². The first kappa shape index (κ1) is 15.1. The lowest BCUT2D eigenvalue weighted by atomic mass is 9.74. The second-order valence-corrected chi connectivity index (χ2v) is 6.50. The number of fused-ring (bicyclic) bond motifs is 1. The van der Waals surface area contributed by atoms with Crippen LogP contribution >= 0.6 is 0 Å². The van der Waals surface area contributed by atoms with Gasteiger partial charge in [0.1, 0.15) is 11.5 Å². The molecule has 4 heteroatoms. The van der Waals surface area contributed by atoms with E-state index in [-0.39, 0.29) is 17.4 Å². The molecular weight excluding hydrogens is 252 g/mol. The molecule has 2 rings (SSSR count). The van der Waals surface area contributed by atoms with Crippen LogP contribution < -0.4 is 10.6 Å². The molecule has 1 aliphatic carbocycles. The zero-order valence-corrected chi connectivity index (χ0v) is 13.0. The van der Waals surface area contributed by atoms with Crippen molar-refractivity contribution < 1.29 is 9.21 Å². The average Bonchev–Trinajstić information content (AvgIpc) is 2.68. The van der Waals surface area contributed by atoms with E-state index in [0.29, 0.717) is 6.42 Å². The number of carbonyl (C=O) groups is 1. The Kier molecular flexibility index (Phi) is 4.53. The quantitative estimate of drug-likeness (QED) is 0.814. The van der Waals surface area contributed by atoms with Crippen LogP contribution in [0.3, 0.4) is 0 Å². The van der Waals surface area contributed by atoms with Crippen LogP contribution in [0.1, 0.15) is 56.7 Å². The summed E-state index contributed by atoms with van der Waals surface area (Å²) in [5.74, 6) is 2.08. The van der Waals surface area contributed by atoms with Crippen molar-refractivity contribution in [2.24, 2.45) is 5.41 Å². The average molecular weight is 278 g/mol. The number of hydrogen-bond acceptors (Lipinski definition) is 3. The van der Waals surface area contributed by atoms with Gasteiger partial charge in [0.2, 0.25) is 5.91 Å². The monoisotopic (exact) mass is 278 g/mol. The largest absolute Gasteiger partial charge is 0.466 e. The SMILES string of the molecule is CCNCCC(=O)NC1CC(C)(C)Cc2oc(C)cc21. The molecule has 1 atom stereocenters. The Morgan fingerprint density at radius 2 is 2.25 bits per heavy atom. The van der Waals surface area contributed by atoms with Crippen LogP contribution in [0.2, 0.25) is 0 Å². The predicted molar refractivity (Wildman–Crippen MR) is 79.6 cm³/mol. The lowest BCUT2D eigenvalue weighted by Gasteiger charge is -2.34. The van der Waals surface area contributed by atoms with Crippen LogP contribution in [0.5, 0.6) is 0 Å². The summed E-state index contributed by atoms with van der Waals surface area (Å²) in [7, 11) is 0. The summed E-state index contributed by atoms with van der Waals surface area (Å²) in [5.41, 5.74) is 1.33. The number of rotatable bonds is 5. The topological polar surface area (TPSA) is 54.3 Å². The van der Waals surface area contributed by atoms with Crippen LogP contribution in [0.25, 0.3) is 0 Å². The highest BCUT2D eigenvalue weighted by Gasteiger charge is 2.35. The first-order valence-electron chi connectivity index (χ1n) is 7.50. The molecule has 1 unspecified atom stereocenters. The third-order valence-electron chi connectivity index (χ3n) is 3.85. The Morgan fingerprint density at radius 1 is 1.50 bits per heavy atom. The Labute approximate surface area is 121 Å². The van der Waals surface area contributed by atoms with E-state index >= 15 is 0 Å². The van der Waals surface area contributed by atoms with Gasteiger partial charge in [0.15, 0.2) is 0 Å². The summed E-state index contributed by atoms with van der Waals surface area (Å²) in [6, 6.07) is 2.15. The molecule has 112 valence electrons. The lowest BCUT2D eigenvalue weighted by molar-refractivity contribution is -0.122. The summed E-state index contributed by atoms with van der Waals surface area (Å²) in [4.78, 5) is 12.0. The Balaban J connectivity index is 2.05. The fourth-order valence-electron chi connectivity index (χ4n) is 2.96. The third kappa shape index (κ3) is 3.63. The summed E-state index contributed by atoms with van der Waals surface area (Å²) in [5, 5.41) is 6.34. The Bertz CT molecular complexity index is 477. The molecule has 0 aliphatic heterocycles. The van der Waals surface area contributed by atoms with Crippen LogP contribution in [0.15, 0.2) is 10.5 Å². The van der Waals surface area contributed by atoms with Gasteiger partial charge in [-0.25, -0.2) is 0 Å². The summed E-state index contributed by atoms with van der Waals surface area (Å²) in [6.45, 7) is 10.1. The fourth-order valence-corrected chi connectivity index (χ4v) is 2.96. The van der Waals surface area contributed by atoms with E-state index in [2.05, 4.69) is 30.5 Å². The number of hydrogen-bond donors (Lipinski definition) is 2. The van der Waals surface area contributed by atoms with E-state index in [4.69, 9.17) is 4.42 Å². The van der Waals surface area contributed by atoms with Gasteiger partial charge in [0.05, 0.1) is 6.04 Å². The van der Waals surface area contributed by atoms with Gasteiger partial charge in [-0.2, -0.15) is 0 Å². The number of amides is 1. The van der Waals surface area contributed by atoms with Crippen LogP contribution in [-0.4, -0.2) is 19.0 Å². The number of nitrogens with one attached hydrogen (secondary N) is 2. The van der Waals surface area contributed by atoms with E-state index < -0.39 is 0 Å². The van der Waals surface area contributed by atoms with Gasteiger partial charge in [-0.15, -0.1) is 0 Å². The van der Waals surface area contributed by atoms with Crippen molar-refractivity contribution in [3.8, 4) is 0 Å². The molecule has 4 nitrogen and oxygen atoms in total. The van der Waals surface area contributed by atoms with Crippen molar-refractivity contribution in [2.45, 2.75) is 53.0 Å². The van der Waals surface area contributed by atoms with E-state index in [0.717, 1.165) is 37.5 Å². The molecule has 0 spiro atoms. The maximum Gasteiger partial charge on any atom is 0.221 e. The molecule has 0 saturated heterocycles. The molecule has 0 aromatic carbocycles. The molecule has 0 bridgehead atoms. The highest BCUT2D eigenvalue weighted by atomic mass is 16.3. The molecule has 20 heavy (non-hydrogen) atoms. The van der Waals surface area contributed by atoms with Gasteiger partial charge >= 0.3 is 0 Å². The van der Waals surface area contributed by atoms with Crippen molar-refractivity contribution in [1.29, 1.82) is 0 Å². The molecule has 1 aliphatic rings. The van der Waals surface area contributed by atoms with Crippen LogP contribution in [0, 0.1) is 12.3 Å². The van der Waals surface area contributed by atoms with Crippen LogP contribution in [0.4, 0.5) is 0 Å². The molecular formula is C16H26N2O2. The first-order chi connectivity index (χ1) is 9.41. The van der Waals surface area contributed by atoms with E-state index in [1.807, 2.05) is 13.8 Å². The van der Waals surface area contributed by atoms with Gasteiger partial charge < -0.3 is 15.1 Å². The molecule has 1 aromatic heterocycles. The van der Waals surface area contributed by atoms with Crippen molar-refractivity contribution >= 4 is 5.91 Å². The van der Waals surface area contributed by atoms with E-state index in [1.165, 1.54) is 5.56 Å². The maximum absolute atomic E-state index is 12.0. The fraction of sp³-hybridized carbons (Fsp3) is 0.688. The van der Waals surface area contributed by atoms with Crippen molar-refractivity contribution in [3.63, 3.8) is 0 Å².